The van der Waals surface area contributed by atoms with Crippen LogP contribution < -0.4 is 5.32 Å². The first-order valence-electron chi connectivity index (χ1n) is 8.79. The van der Waals surface area contributed by atoms with E-state index in [4.69, 9.17) is 0 Å². The number of nitrogens with one attached hydrogen (secondary N) is 1. The van der Waals surface area contributed by atoms with Crippen molar-refractivity contribution in [2.24, 2.45) is 0 Å². The molecule has 1 aliphatic rings. The Kier molecular flexibility index (Phi) is 5.98. The number of hydrogen-bond acceptors (Lipinski definition) is 7. The highest BCUT2D eigenvalue weighted by Crippen LogP contribution is 2.37. The number of aromatic nitrogens is 3. The molecule has 0 unspecified atom stereocenters. The van der Waals surface area contributed by atoms with E-state index in [1.807, 2.05) is 53.6 Å². The van der Waals surface area contributed by atoms with Gasteiger partial charge in [-0.15, -0.1) is 0 Å². The summed E-state index contributed by atoms with van der Waals surface area (Å²) in [5.41, 5.74) is 1.01. The lowest BCUT2D eigenvalue weighted by atomic mass is 10.2. The maximum Gasteiger partial charge on any atom is 0.189 e. The average molecular weight is 412 g/mol. The van der Waals surface area contributed by atoms with Crippen LogP contribution in [-0.2, 0) is 6.42 Å². The zero-order valence-electron chi connectivity index (χ0n) is 15.0. The molecule has 1 N–H and O–H groups in total. The highest BCUT2D eigenvalue weighted by atomic mass is 32.2. The fraction of sp³-hybridized carbons (Fsp3) is 0.150. The zero-order valence-corrected chi connectivity index (χ0v) is 16.6. The normalized spacial score (nSPS) is 13.8. The summed E-state index contributed by atoms with van der Waals surface area (Å²) in [6, 6.07) is 11.5. The van der Waals surface area contributed by atoms with Gasteiger partial charge in [-0.1, -0.05) is 35.2 Å². The van der Waals surface area contributed by atoms with Crippen LogP contribution in [-0.4, -0.2) is 32.9 Å². The third kappa shape index (κ3) is 4.96. The Labute approximate surface area is 171 Å². The Bertz CT molecular complexity index is 973. The van der Waals surface area contributed by atoms with Crippen molar-refractivity contribution in [2.45, 2.75) is 10.6 Å². The molecule has 3 aromatic rings. The molecule has 142 valence electrons. The second kappa shape index (κ2) is 8.99. The van der Waals surface area contributed by atoms with Crippen molar-refractivity contribution in [3.63, 3.8) is 0 Å². The van der Waals surface area contributed by atoms with Crippen LogP contribution >= 0.6 is 23.1 Å². The van der Waals surface area contributed by atoms with Crippen LogP contribution in [0.1, 0.15) is 5.69 Å². The minimum atomic E-state index is -0.124. The second-order valence-electron chi connectivity index (χ2n) is 6.05. The van der Waals surface area contributed by atoms with Gasteiger partial charge in [-0.05, 0) is 30.3 Å². The van der Waals surface area contributed by atoms with Gasteiger partial charge >= 0.3 is 0 Å². The lowest BCUT2D eigenvalue weighted by Gasteiger charge is -2.23. The molecule has 0 atom stereocenters. The Hall–Kier alpha value is -2.71. The number of thioether (sulfide) groups is 1. The summed E-state index contributed by atoms with van der Waals surface area (Å²) >= 11 is 2.87. The third-order valence-corrected chi connectivity index (χ3v) is 6.11. The van der Waals surface area contributed by atoms with Gasteiger partial charge in [0.1, 0.15) is 11.6 Å². The standard InChI is InChI=1S/C20H18FN5S2/c21-16-14-26(11-7-15-5-1-3-9-22-15)12-8-17(16)27-19-13-24-20(28-19)25-18-6-2-4-10-23-18/h1-6,8-10,12-13H,7,11,14H2,(H,23,24,25). The number of nitrogens with zero attached hydrogens (tertiary/aromatic N) is 4. The Morgan fingerprint density at radius 2 is 1.96 bits per heavy atom. The monoisotopic (exact) mass is 411 g/mol. The molecule has 4 heterocycles. The van der Waals surface area contributed by atoms with E-state index in [0.717, 1.165) is 33.8 Å². The van der Waals surface area contributed by atoms with Crippen molar-refractivity contribution in [1.82, 2.24) is 19.9 Å². The van der Waals surface area contributed by atoms with Gasteiger partial charge in [-0.3, -0.25) is 4.98 Å². The average Bonchev–Trinajstić information content (AvgIpc) is 3.17. The lowest BCUT2D eigenvalue weighted by molar-refractivity contribution is 0.368. The molecular formula is C20H18FN5S2. The molecule has 0 saturated carbocycles. The minimum Gasteiger partial charge on any atom is -0.370 e. The second-order valence-corrected chi connectivity index (χ2v) is 8.43. The van der Waals surface area contributed by atoms with Gasteiger partial charge in [0, 0.05) is 42.2 Å². The number of hydrogen-bond donors (Lipinski definition) is 1. The number of thiazole rings is 1. The molecule has 0 aromatic carbocycles. The van der Waals surface area contributed by atoms with E-state index >= 15 is 0 Å². The van der Waals surface area contributed by atoms with Crippen molar-refractivity contribution >= 4 is 34.0 Å². The molecule has 0 spiro atoms. The van der Waals surface area contributed by atoms with Crippen LogP contribution in [0.2, 0.25) is 0 Å². The highest BCUT2D eigenvalue weighted by Gasteiger charge is 2.16. The summed E-state index contributed by atoms with van der Waals surface area (Å²) in [7, 11) is 0. The number of rotatable bonds is 7. The maximum absolute atomic E-state index is 14.6. The van der Waals surface area contributed by atoms with Gasteiger partial charge in [0.25, 0.3) is 0 Å². The molecule has 4 rings (SSSR count). The van der Waals surface area contributed by atoms with Crippen molar-refractivity contribution in [3.05, 3.63) is 83.7 Å². The quantitative estimate of drug-likeness (QED) is 0.589. The number of allylic oxidation sites excluding steroid dienone is 1. The summed E-state index contributed by atoms with van der Waals surface area (Å²) in [6.45, 7) is 1.01. The molecule has 0 bridgehead atoms. The van der Waals surface area contributed by atoms with Crippen molar-refractivity contribution in [2.75, 3.05) is 18.4 Å². The summed E-state index contributed by atoms with van der Waals surface area (Å²) in [6.07, 6.45) is 9.82. The van der Waals surface area contributed by atoms with Crippen molar-refractivity contribution in [1.29, 1.82) is 0 Å². The van der Waals surface area contributed by atoms with Crippen LogP contribution in [0, 0.1) is 0 Å². The predicted octanol–water partition coefficient (Wildman–Crippen LogP) is 5.02. The van der Waals surface area contributed by atoms with Crippen LogP contribution in [0.15, 0.2) is 82.2 Å². The van der Waals surface area contributed by atoms with E-state index < -0.39 is 0 Å². The Morgan fingerprint density at radius 3 is 2.71 bits per heavy atom. The van der Waals surface area contributed by atoms with Gasteiger partial charge < -0.3 is 10.2 Å². The van der Waals surface area contributed by atoms with Gasteiger partial charge in [0.2, 0.25) is 0 Å². The molecule has 0 amide bonds. The molecular weight excluding hydrogens is 393 g/mol. The van der Waals surface area contributed by atoms with E-state index in [0.29, 0.717) is 4.91 Å². The maximum atomic E-state index is 14.6. The first-order chi connectivity index (χ1) is 13.8. The fourth-order valence-electron chi connectivity index (χ4n) is 2.64. The SMILES string of the molecule is FC1=C(Sc2cnc(Nc3ccccn3)s2)C=CN(CCc2ccccn2)C1. The number of anilines is 2. The molecule has 0 saturated heterocycles. The van der Waals surface area contributed by atoms with E-state index in [1.54, 1.807) is 18.6 Å². The van der Waals surface area contributed by atoms with E-state index in [9.17, 15) is 4.39 Å². The Balaban J connectivity index is 1.32. The van der Waals surface area contributed by atoms with Crippen LogP contribution in [0.5, 0.6) is 0 Å². The van der Waals surface area contributed by atoms with E-state index in [-0.39, 0.29) is 12.4 Å². The fourth-order valence-corrected chi connectivity index (χ4v) is 4.49. The molecule has 1 aliphatic heterocycles. The summed E-state index contributed by atoms with van der Waals surface area (Å²) < 4.78 is 15.5. The number of halogens is 1. The number of pyridine rings is 2. The van der Waals surface area contributed by atoms with Crippen LogP contribution in [0.25, 0.3) is 0 Å². The van der Waals surface area contributed by atoms with Gasteiger partial charge in [-0.25, -0.2) is 14.4 Å². The van der Waals surface area contributed by atoms with Crippen molar-refractivity contribution in [3.8, 4) is 0 Å². The lowest BCUT2D eigenvalue weighted by Crippen LogP contribution is -2.24. The van der Waals surface area contributed by atoms with E-state index in [1.165, 1.54) is 23.1 Å². The third-order valence-electron chi connectivity index (χ3n) is 4.02. The largest absolute Gasteiger partial charge is 0.370 e. The summed E-state index contributed by atoms with van der Waals surface area (Å²) in [4.78, 5) is 15.5. The molecule has 0 aliphatic carbocycles. The molecule has 3 aromatic heterocycles. The summed E-state index contributed by atoms with van der Waals surface area (Å²) in [5, 5.41) is 3.89. The van der Waals surface area contributed by atoms with Crippen molar-refractivity contribution < 1.29 is 4.39 Å². The van der Waals surface area contributed by atoms with Gasteiger partial charge in [-0.2, -0.15) is 0 Å². The predicted molar refractivity (Wildman–Crippen MR) is 112 cm³/mol. The van der Waals surface area contributed by atoms with Gasteiger partial charge in [0.15, 0.2) is 5.13 Å². The summed E-state index contributed by atoms with van der Waals surface area (Å²) in [5.74, 6) is 0.612. The Morgan fingerprint density at radius 1 is 1.11 bits per heavy atom. The highest BCUT2D eigenvalue weighted by molar-refractivity contribution is 8.05. The topological polar surface area (TPSA) is 53.9 Å². The molecule has 5 nitrogen and oxygen atoms in total. The smallest absolute Gasteiger partial charge is 0.189 e. The first kappa shape index (κ1) is 18.6. The minimum absolute atomic E-state index is 0.124. The molecule has 28 heavy (non-hydrogen) atoms. The van der Waals surface area contributed by atoms with E-state index in [2.05, 4.69) is 20.3 Å². The molecule has 8 heteroatoms. The van der Waals surface area contributed by atoms with Crippen LogP contribution in [0.4, 0.5) is 15.3 Å². The zero-order chi connectivity index (χ0) is 19.2. The molecule has 0 radical (unpaired) electrons. The van der Waals surface area contributed by atoms with Crippen LogP contribution in [0.3, 0.4) is 0 Å². The molecule has 0 fully saturated rings. The van der Waals surface area contributed by atoms with Gasteiger partial charge in [0.05, 0.1) is 17.0 Å². The first-order valence-corrected chi connectivity index (χ1v) is 10.4.